The molecule has 2 heterocycles. The Morgan fingerprint density at radius 3 is 2.50 bits per heavy atom. The van der Waals surface area contributed by atoms with E-state index in [1.54, 1.807) is 0 Å². The number of ether oxygens (including phenoxy) is 2. The monoisotopic (exact) mass is 444 g/mol. The van der Waals surface area contributed by atoms with Crippen molar-refractivity contribution in [2.75, 3.05) is 26.4 Å². The van der Waals surface area contributed by atoms with Gasteiger partial charge in [0, 0.05) is 25.7 Å². The van der Waals surface area contributed by atoms with Crippen molar-refractivity contribution in [3.63, 3.8) is 0 Å². The van der Waals surface area contributed by atoms with Gasteiger partial charge < -0.3 is 19.9 Å². The van der Waals surface area contributed by atoms with Gasteiger partial charge in [0.2, 0.25) is 15.9 Å². The summed E-state index contributed by atoms with van der Waals surface area (Å²) in [7, 11) is -3.72. The van der Waals surface area contributed by atoms with E-state index in [0.29, 0.717) is 45.3 Å². The summed E-state index contributed by atoms with van der Waals surface area (Å²) in [6, 6.07) is 4.35. The number of aliphatic hydroxyl groups is 1. The third-order valence-corrected chi connectivity index (χ3v) is 7.07. The number of carbonyl (C=O) groups excluding carboxylic acids is 1. The summed E-state index contributed by atoms with van der Waals surface area (Å²) in [5.74, 6) is -0.606. The Balaban J connectivity index is 1.45. The van der Waals surface area contributed by atoms with Crippen molar-refractivity contribution in [2.45, 2.75) is 55.2 Å². The van der Waals surface area contributed by atoms with Crippen LogP contribution in [-0.4, -0.2) is 64.0 Å². The number of sulfonamides is 1. The molecule has 8 nitrogen and oxygen atoms in total. The van der Waals surface area contributed by atoms with Crippen LogP contribution in [0.1, 0.15) is 32.1 Å². The van der Waals surface area contributed by atoms with E-state index in [4.69, 9.17) is 9.47 Å². The molecule has 168 valence electrons. The number of aliphatic hydroxyl groups excluding tert-OH is 1. The highest BCUT2D eigenvalue weighted by atomic mass is 32.2. The van der Waals surface area contributed by atoms with Crippen molar-refractivity contribution in [1.82, 2.24) is 10.0 Å². The number of rotatable bonds is 8. The average molecular weight is 445 g/mol. The summed E-state index contributed by atoms with van der Waals surface area (Å²) in [6.07, 6.45) is 2.36. The molecule has 0 spiro atoms. The van der Waals surface area contributed by atoms with E-state index in [-0.39, 0.29) is 42.0 Å². The standard InChI is InChI=1S/C20H29FN2O6S/c21-15-1-4-17(5-2-15)30(26,27)22-10-7-16-3-6-18(19(13-24)29-16)23-20(25)14-8-11-28-12-9-14/h1-2,4-5,14,16,18-19,22,24H,3,6-13H2,(H,23,25)/t16-,18-,19+/m1/s1. The van der Waals surface area contributed by atoms with E-state index in [9.17, 15) is 22.7 Å². The van der Waals surface area contributed by atoms with E-state index in [2.05, 4.69) is 10.0 Å². The first kappa shape index (κ1) is 23.1. The van der Waals surface area contributed by atoms with Crippen LogP contribution in [-0.2, 0) is 24.3 Å². The van der Waals surface area contributed by atoms with E-state index < -0.39 is 21.9 Å². The summed E-state index contributed by atoms with van der Waals surface area (Å²) >= 11 is 0. The largest absolute Gasteiger partial charge is 0.394 e. The zero-order valence-electron chi connectivity index (χ0n) is 16.8. The first-order valence-electron chi connectivity index (χ1n) is 10.3. The fourth-order valence-corrected chi connectivity index (χ4v) is 4.87. The number of carbonyl (C=O) groups is 1. The molecular weight excluding hydrogens is 415 g/mol. The van der Waals surface area contributed by atoms with Gasteiger partial charge in [0.05, 0.1) is 23.6 Å². The summed E-state index contributed by atoms with van der Waals surface area (Å²) in [6.45, 7) is 1.09. The van der Waals surface area contributed by atoms with Crippen LogP contribution in [0.3, 0.4) is 0 Å². The quantitative estimate of drug-likeness (QED) is 0.550. The summed E-state index contributed by atoms with van der Waals surface area (Å²) in [4.78, 5) is 12.4. The van der Waals surface area contributed by atoms with Crippen molar-refractivity contribution in [2.24, 2.45) is 5.92 Å². The third-order valence-electron chi connectivity index (χ3n) is 5.60. The Morgan fingerprint density at radius 2 is 1.83 bits per heavy atom. The minimum Gasteiger partial charge on any atom is -0.394 e. The second kappa shape index (κ2) is 10.6. The molecule has 2 aliphatic heterocycles. The van der Waals surface area contributed by atoms with E-state index >= 15 is 0 Å². The molecule has 0 radical (unpaired) electrons. The molecule has 0 unspecified atom stereocenters. The molecule has 2 saturated heterocycles. The van der Waals surface area contributed by atoms with Crippen molar-refractivity contribution in [1.29, 1.82) is 0 Å². The second-order valence-electron chi connectivity index (χ2n) is 7.70. The predicted molar refractivity (Wildman–Crippen MR) is 107 cm³/mol. The Bertz CT molecular complexity index is 798. The van der Waals surface area contributed by atoms with Crippen molar-refractivity contribution in [3.05, 3.63) is 30.1 Å². The predicted octanol–water partition coefficient (Wildman–Crippen LogP) is 0.945. The number of hydrogen-bond donors (Lipinski definition) is 3. The zero-order chi connectivity index (χ0) is 21.6. The molecule has 0 saturated carbocycles. The molecule has 1 amide bonds. The number of amides is 1. The van der Waals surface area contributed by atoms with Gasteiger partial charge in [-0.1, -0.05) is 0 Å². The molecule has 2 fully saturated rings. The lowest BCUT2D eigenvalue weighted by atomic mass is 9.94. The van der Waals surface area contributed by atoms with Gasteiger partial charge in [-0.15, -0.1) is 0 Å². The van der Waals surface area contributed by atoms with Crippen LogP contribution in [0.4, 0.5) is 4.39 Å². The van der Waals surface area contributed by atoms with Crippen molar-refractivity contribution < 1.29 is 32.2 Å². The van der Waals surface area contributed by atoms with E-state index in [1.165, 1.54) is 12.1 Å². The minimum atomic E-state index is -3.72. The van der Waals surface area contributed by atoms with Gasteiger partial charge in [0.15, 0.2) is 0 Å². The van der Waals surface area contributed by atoms with Gasteiger partial charge in [-0.3, -0.25) is 4.79 Å². The molecule has 0 bridgehead atoms. The van der Waals surface area contributed by atoms with E-state index in [0.717, 1.165) is 12.1 Å². The van der Waals surface area contributed by atoms with Crippen LogP contribution < -0.4 is 10.0 Å². The van der Waals surface area contributed by atoms with Gasteiger partial charge in [-0.25, -0.2) is 17.5 Å². The van der Waals surface area contributed by atoms with Crippen LogP contribution in [0.5, 0.6) is 0 Å². The molecule has 3 rings (SSSR count). The Kier molecular flexibility index (Phi) is 8.18. The summed E-state index contributed by atoms with van der Waals surface area (Å²) in [5.41, 5.74) is 0. The Hall–Kier alpha value is -1.59. The van der Waals surface area contributed by atoms with E-state index in [1.807, 2.05) is 0 Å². The van der Waals surface area contributed by atoms with Gasteiger partial charge in [-0.05, 0) is 56.4 Å². The van der Waals surface area contributed by atoms with Gasteiger partial charge >= 0.3 is 0 Å². The highest BCUT2D eigenvalue weighted by molar-refractivity contribution is 7.89. The lowest BCUT2D eigenvalue weighted by molar-refractivity contribution is -0.134. The number of benzene rings is 1. The summed E-state index contributed by atoms with van der Waals surface area (Å²) < 4.78 is 51.2. The normalized spacial score (nSPS) is 25.7. The van der Waals surface area contributed by atoms with Crippen LogP contribution in [0.15, 0.2) is 29.2 Å². The number of nitrogens with one attached hydrogen (secondary N) is 2. The topological polar surface area (TPSA) is 114 Å². The van der Waals surface area contributed by atoms with Crippen LogP contribution in [0.2, 0.25) is 0 Å². The average Bonchev–Trinajstić information content (AvgIpc) is 2.75. The van der Waals surface area contributed by atoms with Gasteiger partial charge in [-0.2, -0.15) is 0 Å². The molecule has 3 atom stereocenters. The molecule has 30 heavy (non-hydrogen) atoms. The highest BCUT2D eigenvalue weighted by Crippen LogP contribution is 2.23. The maximum atomic E-state index is 13.0. The Labute approximate surface area is 176 Å². The first-order chi connectivity index (χ1) is 14.4. The maximum absolute atomic E-state index is 13.0. The molecule has 2 aliphatic rings. The van der Waals surface area contributed by atoms with Crippen LogP contribution in [0, 0.1) is 11.7 Å². The SMILES string of the molecule is O=C(N[C@@H]1CC[C@H](CCNS(=O)(=O)c2ccc(F)cc2)O[C@H]1CO)C1CCOCC1. The summed E-state index contributed by atoms with van der Waals surface area (Å²) in [5, 5.41) is 12.7. The molecule has 1 aromatic carbocycles. The lowest BCUT2D eigenvalue weighted by Crippen LogP contribution is -2.52. The molecule has 1 aromatic rings. The third kappa shape index (κ3) is 6.21. The zero-order valence-corrected chi connectivity index (χ0v) is 17.6. The molecule has 10 heteroatoms. The first-order valence-corrected chi connectivity index (χ1v) is 11.8. The minimum absolute atomic E-state index is 0.00223. The van der Waals surface area contributed by atoms with Gasteiger partial charge in [0.25, 0.3) is 0 Å². The maximum Gasteiger partial charge on any atom is 0.240 e. The smallest absolute Gasteiger partial charge is 0.240 e. The van der Waals surface area contributed by atoms with Crippen molar-refractivity contribution >= 4 is 15.9 Å². The van der Waals surface area contributed by atoms with Gasteiger partial charge in [0.1, 0.15) is 11.9 Å². The second-order valence-corrected chi connectivity index (χ2v) is 9.47. The van der Waals surface area contributed by atoms with Crippen LogP contribution >= 0.6 is 0 Å². The Morgan fingerprint density at radius 1 is 1.13 bits per heavy atom. The molecule has 0 aliphatic carbocycles. The van der Waals surface area contributed by atoms with Crippen molar-refractivity contribution in [3.8, 4) is 0 Å². The van der Waals surface area contributed by atoms with Crippen LogP contribution in [0.25, 0.3) is 0 Å². The lowest BCUT2D eigenvalue weighted by Gasteiger charge is -2.37. The number of hydrogen-bond acceptors (Lipinski definition) is 6. The fraction of sp³-hybridized carbons (Fsp3) is 0.650. The fourth-order valence-electron chi connectivity index (χ4n) is 3.82. The molecule has 3 N–H and O–H groups in total. The molecular formula is C20H29FN2O6S. The number of halogens is 1. The highest BCUT2D eigenvalue weighted by Gasteiger charge is 2.33. The molecule has 0 aromatic heterocycles.